The quantitative estimate of drug-likeness (QED) is 0.693. The molecule has 0 radical (unpaired) electrons. The van der Waals surface area contributed by atoms with Gasteiger partial charge in [-0.25, -0.2) is 13.9 Å². The van der Waals surface area contributed by atoms with Crippen molar-refractivity contribution in [1.82, 2.24) is 14.6 Å². The zero-order valence-electron chi connectivity index (χ0n) is 15.1. The maximum absolute atomic E-state index is 13.5. The maximum atomic E-state index is 13.5. The van der Waals surface area contributed by atoms with E-state index in [0.29, 0.717) is 12.3 Å². The number of hydrogen-bond donors (Lipinski definition) is 2. The maximum Gasteiger partial charge on any atom is 0.214 e. The van der Waals surface area contributed by atoms with Crippen molar-refractivity contribution in [2.75, 3.05) is 38.3 Å². The molecule has 3 N–H and O–H groups in total. The number of halogens is 1. The third-order valence-electron chi connectivity index (χ3n) is 5.38. The molecule has 1 aromatic carbocycles. The summed E-state index contributed by atoms with van der Waals surface area (Å²) < 4.78 is 20.6. The number of methoxy groups -OCH3 is 1. The number of anilines is 1. The van der Waals surface area contributed by atoms with Crippen molar-refractivity contribution < 1.29 is 14.2 Å². The van der Waals surface area contributed by atoms with Gasteiger partial charge in [-0.05, 0) is 25.0 Å². The van der Waals surface area contributed by atoms with Gasteiger partial charge in [0.15, 0.2) is 0 Å². The summed E-state index contributed by atoms with van der Waals surface area (Å²) in [6.45, 7) is 2.20. The van der Waals surface area contributed by atoms with Crippen LogP contribution < -0.4 is 15.4 Å². The molecule has 1 aliphatic rings. The monoisotopic (exact) mass is 391 g/mol. The van der Waals surface area contributed by atoms with E-state index in [2.05, 4.69) is 9.88 Å². The summed E-state index contributed by atoms with van der Waals surface area (Å²) in [7, 11) is 1.52. The summed E-state index contributed by atoms with van der Waals surface area (Å²) in [5.74, 6) is 0.0934. The molecule has 1 saturated heterocycles. The molecule has 9 heteroatoms. The van der Waals surface area contributed by atoms with Crippen molar-refractivity contribution >= 4 is 21.4 Å². The lowest BCUT2D eigenvalue weighted by molar-refractivity contribution is 0.104. The van der Waals surface area contributed by atoms with E-state index in [1.165, 1.54) is 30.6 Å². The van der Waals surface area contributed by atoms with Crippen LogP contribution >= 0.6 is 11.3 Å². The van der Waals surface area contributed by atoms with Gasteiger partial charge in [0.25, 0.3) is 0 Å². The second kappa shape index (κ2) is 7.06. The second-order valence-electron chi connectivity index (χ2n) is 6.92. The van der Waals surface area contributed by atoms with E-state index in [-0.39, 0.29) is 17.8 Å². The molecule has 3 heterocycles. The lowest BCUT2D eigenvalue weighted by atomic mass is 9.79. The van der Waals surface area contributed by atoms with Gasteiger partial charge in [-0.2, -0.15) is 0 Å². The molecule has 1 fully saturated rings. The molecule has 2 aromatic heterocycles. The molecular weight excluding hydrogens is 369 g/mol. The fraction of sp³-hybridized carbons (Fsp3) is 0.444. The Kier molecular flexibility index (Phi) is 4.75. The predicted molar refractivity (Wildman–Crippen MR) is 103 cm³/mol. The highest BCUT2D eigenvalue weighted by Crippen LogP contribution is 2.36. The van der Waals surface area contributed by atoms with Crippen LogP contribution in [0.15, 0.2) is 24.4 Å². The van der Waals surface area contributed by atoms with Crippen molar-refractivity contribution in [3.8, 4) is 17.0 Å². The van der Waals surface area contributed by atoms with Gasteiger partial charge >= 0.3 is 0 Å². The Bertz CT molecular complexity index is 943. The van der Waals surface area contributed by atoms with Crippen LogP contribution in [0.1, 0.15) is 12.8 Å². The van der Waals surface area contributed by atoms with Crippen LogP contribution in [0.4, 0.5) is 9.52 Å². The number of aromatic nitrogens is 3. The second-order valence-corrected chi connectivity index (χ2v) is 7.85. The average Bonchev–Trinajstić information content (AvgIpc) is 3.29. The zero-order valence-corrected chi connectivity index (χ0v) is 15.9. The first-order chi connectivity index (χ1) is 13.1. The number of fused-ring (bicyclic) bond motifs is 1. The normalized spacial score (nSPS) is 16.8. The average molecular weight is 391 g/mol. The van der Waals surface area contributed by atoms with Gasteiger partial charge in [0.1, 0.15) is 11.6 Å². The van der Waals surface area contributed by atoms with E-state index < -0.39 is 0 Å². The highest BCUT2D eigenvalue weighted by molar-refractivity contribution is 7.20. The SMILES string of the molecule is COc1cc(F)ccc1-c1cnc2sc(N3CCC(CN)(CO)CC3)nn12. The fourth-order valence-corrected chi connectivity index (χ4v) is 4.40. The van der Waals surface area contributed by atoms with Gasteiger partial charge in [-0.1, -0.05) is 11.3 Å². The summed E-state index contributed by atoms with van der Waals surface area (Å²) in [6, 6.07) is 4.43. The molecule has 0 saturated carbocycles. The van der Waals surface area contributed by atoms with Gasteiger partial charge in [0, 0.05) is 36.7 Å². The first-order valence-corrected chi connectivity index (χ1v) is 9.65. The first-order valence-electron chi connectivity index (χ1n) is 8.83. The molecule has 1 aliphatic heterocycles. The van der Waals surface area contributed by atoms with Gasteiger partial charge in [-0.15, -0.1) is 5.10 Å². The van der Waals surface area contributed by atoms with Gasteiger partial charge in [0.2, 0.25) is 10.1 Å². The topological polar surface area (TPSA) is 88.9 Å². The number of piperidine rings is 1. The van der Waals surface area contributed by atoms with E-state index in [1.807, 2.05) is 0 Å². The Balaban J connectivity index is 1.64. The van der Waals surface area contributed by atoms with Crippen LogP contribution in [0, 0.1) is 11.2 Å². The fourth-order valence-electron chi connectivity index (χ4n) is 3.47. The van der Waals surface area contributed by atoms with E-state index >= 15 is 0 Å². The molecule has 27 heavy (non-hydrogen) atoms. The summed E-state index contributed by atoms with van der Waals surface area (Å²) in [4.78, 5) is 7.42. The number of rotatable bonds is 5. The van der Waals surface area contributed by atoms with E-state index in [1.54, 1.807) is 16.8 Å². The lowest BCUT2D eigenvalue weighted by Crippen LogP contribution is -2.46. The predicted octanol–water partition coefficient (Wildman–Crippen LogP) is 2.14. The number of nitrogens with zero attached hydrogens (tertiary/aromatic N) is 4. The van der Waals surface area contributed by atoms with Crippen LogP contribution in [0.3, 0.4) is 0 Å². The van der Waals surface area contributed by atoms with Crippen LogP contribution in [0.25, 0.3) is 16.2 Å². The van der Waals surface area contributed by atoms with Gasteiger partial charge in [0.05, 0.1) is 25.6 Å². The van der Waals surface area contributed by atoms with Crippen LogP contribution in [0.2, 0.25) is 0 Å². The Labute approximate surface area is 160 Å². The first kappa shape index (κ1) is 18.1. The van der Waals surface area contributed by atoms with Crippen LogP contribution in [0.5, 0.6) is 5.75 Å². The summed E-state index contributed by atoms with van der Waals surface area (Å²) in [6.07, 6.45) is 3.39. The molecule has 0 aliphatic carbocycles. The van der Waals surface area contributed by atoms with E-state index in [0.717, 1.165) is 47.3 Å². The summed E-state index contributed by atoms with van der Waals surface area (Å²) in [5.41, 5.74) is 7.17. The number of hydrogen-bond acceptors (Lipinski definition) is 7. The van der Waals surface area contributed by atoms with Crippen molar-refractivity contribution in [2.24, 2.45) is 11.1 Å². The minimum Gasteiger partial charge on any atom is -0.496 e. The minimum atomic E-state index is -0.351. The Morgan fingerprint density at radius 2 is 2.15 bits per heavy atom. The van der Waals surface area contributed by atoms with Gasteiger partial charge < -0.3 is 20.5 Å². The number of aliphatic hydroxyl groups is 1. The minimum absolute atomic E-state index is 0.118. The molecule has 0 amide bonds. The Morgan fingerprint density at radius 3 is 2.81 bits per heavy atom. The smallest absolute Gasteiger partial charge is 0.214 e. The van der Waals surface area contributed by atoms with E-state index in [4.69, 9.17) is 15.6 Å². The highest BCUT2D eigenvalue weighted by atomic mass is 32.1. The molecule has 0 spiro atoms. The third kappa shape index (κ3) is 3.15. The lowest BCUT2D eigenvalue weighted by Gasteiger charge is -2.39. The van der Waals surface area contributed by atoms with Crippen LogP contribution in [-0.2, 0) is 0 Å². The molecule has 3 aromatic rings. The number of aliphatic hydroxyl groups excluding tert-OH is 1. The van der Waals surface area contributed by atoms with E-state index in [9.17, 15) is 9.50 Å². The molecular formula is C18H22FN5O2S. The largest absolute Gasteiger partial charge is 0.496 e. The van der Waals surface area contributed by atoms with Crippen molar-refractivity contribution in [3.05, 3.63) is 30.2 Å². The van der Waals surface area contributed by atoms with Crippen molar-refractivity contribution in [2.45, 2.75) is 12.8 Å². The summed E-state index contributed by atoms with van der Waals surface area (Å²) in [5, 5.41) is 15.3. The Hall–Kier alpha value is -2.23. The zero-order chi connectivity index (χ0) is 19.0. The third-order valence-corrected chi connectivity index (χ3v) is 6.36. The van der Waals surface area contributed by atoms with Crippen molar-refractivity contribution in [1.29, 1.82) is 0 Å². The number of nitrogens with two attached hydrogens (primary N) is 1. The molecule has 0 unspecified atom stereocenters. The molecule has 4 rings (SSSR count). The Morgan fingerprint density at radius 1 is 1.37 bits per heavy atom. The summed E-state index contributed by atoms with van der Waals surface area (Å²) >= 11 is 1.51. The number of ether oxygens (including phenoxy) is 1. The van der Waals surface area contributed by atoms with Crippen molar-refractivity contribution in [3.63, 3.8) is 0 Å². The molecule has 0 atom stereocenters. The number of benzene rings is 1. The molecule has 0 bridgehead atoms. The highest BCUT2D eigenvalue weighted by Gasteiger charge is 2.34. The standard InChI is InChI=1S/C18H22FN5O2S/c1-26-15-8-12(19)2-3-13(15)14-9-21-16-24(14)22-17(27-16)23-6-4-18(10-20,11-25)5-7-23/h2-3,8-9,25H,4-7,10-11,20H2,1H3. The number of imidazole rings is 1. The molecule has 144 valence electrons. The molecule has 7 nitrogen and oxygen atoms in total. The van der Waals surface area contributed by atoms with Gasteiger partial charge in [-0.3, -0.25) is 0 Å². The van der Waals surface area contributed by atoms with Crippen LogP contribution in [-0.4, -0.2) is 53.1 Å².